The van der Waals surface area contributed by atoms with Gasteiger partial charge in [-0.1, -0.05) is 35.9 Å². The molecule has 0 aliphatic heterocycles. The molecule has 4 aromatic rings. The molecule has 2 N–H and O–H groups in total. The van der Waals surface area contributed by atoms with Crippen molar-refractivity contribution in [3.8, 4) is 11.1 Å². The van der Waals surface area contributed by atoms with E-state index in [9.17, 15) is 27.4 Å². The Balaban J connectivity index is 1.89. The van der Waals surface area contributed by atoms with Crippen LogP contribution in [0.15, 0.2) is 64.3 Å². The number of halogens is 1. The summed E-state index contributed by atoms with van der Waals surface area (Å²) in [6.45, 7) is 1.67. The molecule has 0 saturated carbocycles. The number of hydrogen-bond donors (Lipinski definition) is 2. The molecule has 1 aromatic heterocycles. The average molecular weight is 539 g/mol. The lowest BCUT2D eigenvalue weighted by Gasteiger charge is -2.25. The number of carbonyl (C=O) groups is 2. The second-order valence-corrected chi connectivity index (χ2v) is 10.2. The summed E-state index contributed by atoms with van der Waals surface area (Å²) in [5.74, 6) is -1.22. The third kappa shape index (κ3) is 3.90. The van der Waals surface area contributed by atoms with E-state index in [1.807, 2.05) is 0 Å². The van der Waals surface area contributed by atoms with E-state index in [0.29, 0.717) is 16.5 Å². The van der Waals surface area contributed by atoms with Crippen molar-refractivity contribution < 1.29 is 27.3 Å². The Morgan fingerprint density at radius 2 is 1.70 bits per heavy atom. The topological polar surface area (TPSA) is 132 Å². The maximum Gasteiger partial charge on any atom is 0.344 e. The van der Waals surface area contributed by atoms with Gasteiger partial charge in [0.05, 0.1) is 29.1 Å². The van der Waals surface area contributed by atoms with E-state index in [1.165, 1.54) is 29.8 Å². The van der Waals surface area contributed by atoms with Gasteiger partial charge in [-0.15, -0.1) is 0 Å². The van der Waals surface area contributed by atoms with E-state index in [2.05, 4.69) is 5.32 Å². The Morgan fingerprint density at radius 3 is 2.38 bits per heavy atom. The van der Waals surface area contributed by atoms with Gasteiger partial charge in [-0.05, 0) is 42.8 Å². The second kappa shape index (κ2) is 8.84. The predicted octanol–water partition coefficient (Wildman–Crippen LogP) is 4.57. The highest BCUT2D eigenvalue weighted by Gasteiger charge is 2.34. The Labute approximate surface area is 216 Å². The third-order valence-electron chi connectivity index (χ3n) is 6.20. The minimum absolute atomic E-state index is 0.0221. The van der Waals surface area contributed by atoms with Crippen molar-refractivity contribution >= 4 is 55.7 Å². The minimum Gasteiger partial charge on any atom is -0.462 e. The van der Waals surface area contributed by atoms with Gasteiger partial charge in [0.25, 0.3) is 15.7 Å². The number of anilines is 2. The number of rotatable bonds is 5. The first kappa shape index (κ1) is 24.7. The van der Waals surface area contributed by atoms with Crippen LogP contribution in [0.25, 0.3) is 22.0 Å². The number of ether oxygens (including phenoxy) is 1. The molecule has 0 radical (unpaired) electrons. The smallest absolute Gasteiger partial charge is 0.344 e. The molecule has 188 valence electrons. The molecule has 1 aliphatic rings. The molecular formula is C26H19ClN2O7S. The van der Waals surface area contributed by atoms with Gasteiger partial charge in [0.2, 0.25) is 0 Å². The Morgan fingerprint density at radius 1 is 1.03 bits per heavy atom. The molecule has 1 heterocycles. The van der Waals surface area contributed by atoms with Crippen molar-refractivity contribution in [2.75, 3.05) is 11.9 Å². The van der Waals surface area contributed by atoms with E-state index in [0.717, 1.165) is 6.07 Å². The number of ketones is 1. The van der Waals surface area contributed by atoms with E-state index < -0.39 is 32.3 Å². The van der Waals surface area contributed by atoms with Gasteiger partial charge in [0, 0.05) is 28.6 Å². The fraction of sp³-hybridized carbons (Fsp3) is 0.115. The Hall–Kier alpha value is -3.99. The lowest BCUT2D eigenvalue weighted by Crippen LogP contribution is -2.29. The Kier molecular flexibility index (Phi) is 5.90. The SMILES string of the molecule is CCOC(=O)c1c2c3c(c(Nc4ccc(Cl)cc4S(=O)(=O)O)ccc3n(C)c1=O)C(=O)c1ccccc1-2. The van der Waals surface area contributed by atoms with Gasteiger partial charge in [0.15, 0.2) is 5.78 Å². The van der Waals surface area contributed by atoms with Gasteiger partial charge in [-0.3, -0.25) is 14.1 Å². The summed E-state index contributed by atoms with van der Waals surface area (Å²) in [6.07, 6.45) is 0. The van der Waals surface area contributed by atoms with E-state index >= 15 is 0 Å². The van der Waals surface area contributed by atoms with Gasteiger partial charge >= 0.3 is 5.97 Å². The van der Waals surface area contributed by atoms with Crippen LogP contribution in [0.5, 0.6) is 0 Å². The van der Waals surface area contributed by atoms with Gasteiger partial charge in [-0.2, -0.15) is 8.42 Å². The lowest BCUT2D eigenvalue weighted by molar-refractivity contribution is 0.0524. The van der Waals surface area contributed by atoms with Gasteiger partial charge < -0.3 is 14.6 Å². The number of nitrogens with one attached hydrogen (secondary N) is 1. The molecule has 0 bridgehead atoms. The maximum atomic E-state index is 13.8. The molecule has 0 unspecified atom stereocenters. The number of aryl methyl sites for hydroxylation is 1. The number of nitrogens with zero attached hydrogens (tertiary/aromatic N) is 1. The standard InChI is InChI=1S/C26H19ClN2O7S/c1-3-36-26(32)23-20-14-6-4-5-7-15(14)24(30)21-17(10-11-18(22(20)21)29(2)25(23)31)28-16-9-8-13(27)12-19(16)37(33,34)35/h4-12,28H,3H2,1-2H3,(H,33,34,35). The highest BCUT2D eigenvalue weighted by Crippen LogP contribution is 2.44. The third-order valence-corrected chi connectivity index (χ3v) is 7.33. The maximum absolute atomic E-state index is 13.8. The summed E-state index contributed by atoms with van der Waals surface area (Å²) in [7, 11) is -3.18. The summed E-state index contributed by atoms with van der Waals surface area (Å²) >= 11 is 5.94. The van der Waals surface area contributed by atoms with Crippen LogP contribution in [0.1, 0.15) is 33.2 Å². The van der Waals surface area contributed by atoms with Crippen molar-refractivity contribution in [2.24, 2.45) is 7.05 Å². The molecule has 9 nitrogen and oxygen atoms in total. The summed E-state index contributed by atoms with van der Waals surface area (Å²) < 4.78 is 40.2. The van der Waals surface area contributed by atoms with Crippen LogP contribution in [-0.4, -0.2) is 35.9 Å². The van der Waals surface area contributed by atoms with E-state index in [4.69, 9.17) is 16.3 Å². The van der Waals surface area contributed by atoms with Crippen molar-refractivity contribution in [3.63, 3.8) is 0 Å². The van der Waals surface area contributed by atoms with Crippen LogP contribution in [0.4, 0.5) is 11.4 Å². The zero-order valence-electron chi connectivity index (χ0n) is 19.5. The van der Waals surface area contributed by atoms with Crippen molar-refractivity contribution in [1.29, 1.82) is 0 Å². The molecule has 3 aromatic carbocycles. The number of aromatic nitrogens is 1. The highest BCUT2D eigenvalue weighted by atomic mass is 35.5. The number of hydrogen-bond acceptors (Lipinski definition) is 7. The van der Waals surface area contributed by atoms with Crippen LogP contribution in [0.2, 0.25) is 5.02 Å². The molecule has 5 rings (SSSR count). The van der Waals surface area contributed by atoms with Crippen LogP contribution in [0.3, 0.4) is 0 Å². The normalized spacial score (nSPS) is 12.4. The second-order valence-electron chi connectivity index (χ2n) is 8.33. The number of fused-ring (bicyclic) bond motifs is 2. The number of benzene rings is 3. The molecule has 1 aliphatic carbocycles. The molecule has 0 fully saturated rings. The molecule has 37 heavy (non-hydrogen) atoms. The summed E-state index contributed by atoms with van der Waals surface area (Å²) in [5, 5.41) is 3.34. The first-order chi connectivity index (χ1) is 17.5. The molecule has 0 atom stereocenters. The first-order valence-corrected chi connectivity index (χ1v) is 12.9. The fourth-order valence-corrected chi connectivity index (χ4v) is 5.54. The van der Waals surface area contributed by atoms with Crippen LogP contribution >= 0.6 is 11.6 Å². The number of pyridine rings is 1. The average Bonchev–Trinajstić information content (AvgIpc) is 2.85. The van der Waals surface area contributed by atoms with Crippen molar-refractivity contribution in [1.82, 2.24) is 4.57 Å². The summed E-state index contributed by atoms with van der Waals surface area (Å²) in [4.78, 5) is 39.6. The molecular weight excluding hydrogens is 520 g/mol. The van der Waals surface area contributed by atoms with E-state index in [-0.39, 0.29) is 45.3 Å². The largest absolute Gasteiger partial charge is 0.462 e. The first-order valence-electron chi connectivity index (χ1n) is 11.1. The number of esters is 1. The van der Waals surface area contributed by atoms with Crippen LogP contribution < -0.4 is 10.9 Å². The van der Waals surface area contributed by atoms with Crippen LogP contribution in [0, 0.1) is 0 Å². The summed E-state index contributed by atoms with van der Waals surface area (Å²) in [6, 6.07) is 13.6. The molecule has 0 amide bonds. The Bertz CT molecular complexity index is 1830. The van der Waals surface area contributed by atoms with Crippen molar-refractivity contribution in [3.05, 3.63) is 86.7 Å². The van der Waals surface area contributed by atoms with Gasteiger partial charge in [-0.25, -0.2) is 4.79 Å². The van der Waals surface area contributed by atoms with E-state index in [1.54, 1.807) is 37.3 Å². The predicted molar refractivity (Wildman–Crippen MR) is 139 cm³/mol. The monoisotopic (exact) mass is 538 g/mol. The minimum atomic E-state index is -4.67. The highest BCUT2D eigenvalue weighted by molar-refractivity contribution is 7.86. The lowest BCUT2D eigenvalue weighted by atomic mass is 9.81. The quantitative estimate of drug-likeness (QED) is 0.246. The fourth-order valence-electron chi connectivity index (χ4n) is 4.63. The number of carbonyl (C=O) groups excluding carboxylic acids is 2. The molecule has 11 heteroatoms. The zero-order valence-corrected chi connectivity index (χ0v) is 21.1. The van der Waals surface area contributed by atoms with Gasteiger partial charge in [0.1, 0.15) is 10.5 Å². The molecule has 0 saturated heterocycles. The zero-order chi connectivity index (χ0) is 26.6. The summed E-state index contributed by atoms with van der Waals surface area (Å²) in [5.41, 5.74) is 0.842. The molecule has 0 spiro atoms. The van der Waals surface area contributed by atoms with Crippen LogP contribution in [-0.2, 0) is 21.9 Å². The van der Waals surface area contributed by atoms with Crippen molar-refractivity contribution in [2.45, 2.75) is 11.8 Å².